The van der Waals surface area contributed by atoms with Crippen molar-refractivity contribution >= 4 is 0 Å². The molecule has 0 aliphatic heterocycles. The van der Waals surface area contributed by atoms with Crippen molar-refractivity contribution in [2.75, 3.05) is 0 Å². The van der Waals surface area contributed by atoms with E-state index in [-0.39, 0.29) is 11.5 Å². The highest BCUT2D eigenvalue weighted by atomic mass is 16.3. The van der Waals surface area contributed by atoms with Gasteiger partial charge in [0.05, 0.1) is 11.8 Å². The van der Waals surface area contributed by atoms with Crippen LogP contribution in [0.4, 0.5) is 0 Å². The Balaban J connectivity index is 2.06. The van der Waals surface area contributed by atoms with E-state index in [9.17, 15) is 5.11 Å². The van der Waals surface area contributed by atoms with Crippen LogP contribution in [0, 0.1) is 11.3 Å². The molecule has 1 aliphatic carbocycles. The minimum Gasteiger partial charge on any atom is -0.392 e. The lowest BCUT2D eigenvalue weighted by Gasteiger charge is -2.35. The first-order valence-corrected chi connectivity index (χ1v) is 8.15. The summed E-state index contributed by atoms with van der Waals surface area (Å²) < 4.78 is 1.98. The molecule has 0 spiro atoms. The van der Waals surface area contributed by atoms with Gasteiger partial charge >= 0.3 is 0 Å². The van der Waals surface area contributed by atoms with Crippen molar-refractivity contribution in [1.29, 1.82) is 0 Å². The Hall–Kier alpha value is -0.830. The molecular formula is C17H30N2O. The average molecular weight is 278 g/mol. The molecule has 3 heteroatoms. The number of nitrogens with zero attached hydrogens (tertiary/aromatic N) is 2. The summed E-state index contributed by atoms with van der Waals surface area (Å²) in [6, 6.07) is 2.44. The predicted octanol–water partition coefficient (Wildman–Crippen LogP) is 3.97. The maximum absolute atomic E-state index is 10.8. The second kappa shape index (κ2) is 6.30. The van der Waals surface area contributed by atoms with Crippen molar-refractivity contribution in [3.8, 4) is 0 Å². The summed E-state index contributed by atoms with van der Waals surface area (Å²) in [4.78, 5) is 0. The molecule has 0 bridgehead atoms. The Bertz CT molecular complexity index is 416. The molecule has 1 N–H and O–H groups in total. The molecule has 1 unspecified atom stereocenters. The first-order chi connectivity index (χ1) is 9.43. The predicted molar refractivity (Wildman–Crippen MR) is 82.7 cm³/mol. The van der Waals surface area contributed by atoms with Gasteiger partial charge in [-0.05, 0) is 50.5 Å². The number of aromatic nitrogens is 2. The Morgan fingerprint density at radius 1 is 1.25 bits per heavy atom. The van der Waals surface area contributed by atoms with E-state index in [0.29, 0.717) is 18.4 Å². The molecular weight excluding hydrogens is 248 g/mol. The molecule has 20 heavy (non-hydrogen) atoms. The topological polar surface area (TPSA) is 38.0 Å². The summed E-state index contributed by atoms with van der Waals surface area (Å²) in [7, 11) is 0. The van der Waals surface area contributed by atoms with E-state index < -0.39 is 0 Å². The maximum Gasteiger partial charge on any atom is 0.0652 e. The lowest BCUT2D eigenvalue weighted by molar-refractivity contribution is 0.0126. The number of aliphatic hydroxyl groups is 1. The lowest BCUT2D eigenvalue weighted by atomic mass is 9.73. The zero-order valence-electron chi connectivity index (χ0n) is 13.5. The van der Waals surface area contributed by atoms with Crippen LogP contribution in [0.3, 0.4) is 0 Å². The maximum atomic E-state index is 10.8. The highest BCUT2D eigenvalue weighted by molar-refractivity contribution is 5.04. The van der Waals surface area contributed by atoms with Crippen LogP contribution in [-0.4, -0.2) is 21.0 Å². The highest BCUT2D eigenvalue weighted by Crippen LogP contribution is 2.46. The zero-order valence-corrected chi connectivity index (χ0v) is 13.5. The summed E-state index contributed by atoms with van der Waals surface area (Å²) in [5.74, 6) is 0.649. The monoisotopic (exact) mass is 278 g/mol. The molecule has 0 aromatic carbocycles. The fraction of sp³-hybridized carbons (Fsp3) is 0.824. The molecule has 0 radical (unpaired) electrons. The van der Waals surface area contributed by atoms with Gasteiger partial charge in [0, 0.05) is 18.7 Å². The van der Waals surface area contributed by atoms with Crippen LogP contribution in [0.2, 0.25) is 0 Å². The second-order valence-electron chi connectivity index (χ2n) is 7.27. The number of aliphatic hydroxyl groups excluding tert-OH is 1. The van der Waals surface area contributed by atoms with Crippen LogP contribution in [0.25, 0.3) is 0 Å². The summed E-state index contributed by atoms with van der Waals surface area (Å²) in [5.41, 5.74) is 1.16. The molecule has 114 valence electrons. The molecule has 1 aliphatic rings. The van der Waals surface area contributed by atoms with Gasteiger partial charge in [-0.15, -0.1) is 0 Å². The molecule has 1 aromatic heterocycles. The van der Waals surface area contributed by atoms with Gasteiger partial charge in [0.15, 0.2) is 0 Å². The average Bonchev–Trinajstić information content (AvgIpc) is 2.98. The van der Waals surface area contributed by atoms with E-state index in [2.05, 4.69) is 38.9 Å². The summed E-state index contributed by atoms with van der Waals surface area (Å²) >= 11 is 0. The van der Waals surface area contributed by atoms with Gasteiger partial charge in [-0.1, -0.05) is 26.7 Å². The van der Waals surface area contributed by atoms with E-state index in [1.807, 2.05) is 10.9 Å². The number of hydrogen-bond acceptors (Lipinski definition) is 2. The van der Waals surface area contributed by atoms with Crippen LogP contribution < -0.4 is 0 Å². The molecule has 1 saturated carbocycles. The summed E-state index contributed by atoms with van der Waals surface area (Å²) in [6.45, 7) is 8.79. The fourth-order valence-corrected chi connectivity index (χ4v) is 3.75. The second-order valence-corrected chi connectivity index (χ2v) is 7.27. The largest absolute Gasteiger partial charge is 0.392 e. The van der Waals surface area contributed by atoms with E-state index >= 15 is 0 Å². The van der Waals surface area contributed by atoms with Gasteiger partial charge < -0.3 is 5.11 Å². The molecule has 0 amide bonds. The van der Waals surface area contributed by atoms with Crippen LogP contribution in [-0.2, 0) is 6.42 Å². The zero-order chi connectivity index (χ0) is 14.8. The minimum atomic E-state index is -0.247. The number of hydrogen-bond donors (Lipinski definition) is 1. The third-order valence-corrected chi connectivity index (χ3v) is 4.72. The quantitative estimate of drug-likeness (QED) is 0.855. The summed E-state index contributed by atoms with van der Waals surface area (Å²) in [6.07, 6.45) is 8.51. The summed E-state index contributed by atoms with van der Waals surface area (Å²) in [5, 5.41) is 15.4. The van der Waals surface area contributed by atoms with E-state index in [0.717, 1.165) is 12.1 Å². The van der Waals surface area contributed by atoms with Crippen molar-refractivity contribution in [2.24, 2.45) is 11.3 Å². The van der Waals surface area contributed by atoms with Gasteiger partial charge in [0.25, 0.3) is 0 Å². The van der Waals surface area contributed by atoms with Gasteiger partial charge in [-0.3, -0.25) is 4.68 Å². The van der Waals surface area contributed by atoms with Crippen molar-refractivity contribution in [2.45, 2.75) is 78.4 Å². The molecule has 1 fully saturated rings. The van der Waals surface area contributed by atoms with E-state index in [4.69, 9.17) is 0 Å². The fourth-order valence-electron chi connectivity index (χ4n) is 3.75. The van der Waals surface area contributed by atoms with Gasteiger partial charge in [-0.2, -0.15) is 5.10 Å². The first-order valence-electron chi connectivity index (χ1n) is 8.15. The van der Waals surface area contributed by atoms with Crippen LogP contribution in [0.5, 0.6) is 0 Å². The highest BCUT2D eigenvalue weighted by Gasteiger charge is 2.40. The third kappa shape index (κ3) is 3.43. The standard InChI is InChI=1S/C17H30N2O/c1-13(2)12-17(8-5-6-9-17)16(20)11-15-7-10-19(18-15)14(3)4/h7,10,13-14,16,20H,5-6,8-9,11-12H2,1-4H3. The van der Waals surface area contributed by atoms with Crippen LogP contribution >= 0.6 is 0 Å². The van der Waals surface area contributed by atoms with Crippen molar-refractivity contribution < 1.29 is 5.11 Å². The SMILES string of the molecule is CC(C)CC1(C(O)Cc2ccn(C(C)C)n2)CCCC1. The van der Waals surface area contributed by atoms with E-state index in [1.54, 1.807) is 0 Å². The van der Waals surface area contributed by atoms with Crippen molar-refractivity contribution in [3.05, 3.63) is 18.0 Å². The van der Waals surface area contributed by atoms with Crippen LogP contribution in [0.1, 0.15) is 71.5 Å². The normalized spacial score (nSPS) is 19.9. The van der Waals surface area contributed by atoms with Gasteiger partial charge in [0.2, 0.25) is 0 Å². The Labute approximate surface area is 123 Å². The molecule has 0 saturated heterocycles. The molecule has 1 heterocycles. The Morgan fingerprint density at radius 2 is 1.90 bits per heavy atom. The first kappa shape index (κ1) is 15.6. The molecule has 2 rings (SSSR count). The smallest absolute Gasteiger partial charge is 0.0652 e. The van der Waals surface area contributed by atoms with Crippen molar-refractivity contribution in [1.82, 2.24) is 9.78 Å². The van der Waals surface area contributed by atoms with Gasteiger partial charge in [-0.25, -0.2) is 0 Å². The third-order valence-electron chi connectivity index (χ3n) is 4.72. The Morgan fingerprint density at radius 3 is 2.40 bits per heavy atom. The number of rotatable bonds is 6. The lowest BCUT2D eigenvalue weighted by Crippen LogP contribution is -2.35. The van der Waals surface area contributed by atoms with Crippen molar-refractivity contribution in [3.63, 3.8) is 0 Å². The molecule has 3 nitrogen and oxygen atoms in total. The van der Waals surface area contributed by atoms with E-state index in [1.165, 1.54) is 25.7 Å². The molecule has 1 atom stereocenters. The van der Waals surface area contributed by atoms with Crippen LogP contribution in [0.15, 0.2) is 12.3 Å². The molecule has 1 aromatic rings. The minimum absolute atomic E-state index is 0.135. The Kier molecular flexibility index (Phi) is 4.90. The van der Waals surface area contributed by atoms with Gasteiger partial charge in [0.1, 0.15) is 0 Å².